The van der Waals surface area contributed by atoms with Crippen LogP contribution in [0.3, 0.4) is 0 Å². The van der Waals surface area contributed by atoms with E-state index in [9.17, 15) is 0 Å². The maximum Gasteiger partial charge on any atom is 0.0424 e. The highest BCUT2D eigenvalue weighted by Crippen LogP contribution is 2.19. The molecule has 0 spiro atoms. The third-order valence-electron chi connectivity index (χ3n) is 3.50. The van der Waals surface area contributed by atoms with Crippen LogP contribution in [0.5, 0.6) is 0 Å². The highest BCUT2D eigenvalue weighted by atomic mass is 35.5. The summed E-state index contributed by atoms with van der Waals surface area (Å²) >= 11 is 12.0. The van der Waals surface area contributed by atoms with E-state index >= 15 is 0 Å². The van der Waals surface area contributed by atoms with Gasteiger partial charge in [-0.2, -0.15) is 0 Å². The molecule has 0 amide bonds. The third kappa shape index (κ3) is 4.13. The predicted molar refractivity (Wildman–Crippen MR) is 78.4 cm³/mol. The fourth-order valence-electron chi connectivity index (χ4n) is 2.50. The van der Waals surface area contributed by atoms with Gasteiger partial charge in [0.1, 0.15) is 0 Å². The zero-order valence-electron chi connectivity index (χ0n) is 10.8. The molecule has 0 bridgehead atoms. The number of nitrogens with one attached hydrogen (secondary N) is 1. The van der Waals surface area contributed by atoms with Crippen LogP contribution in [0, 0.1) is 5.92 Å². The van der Waals surface area contributed by atoms with E-state index in [-0.39, 0.29) is 0 Å². The largest absolute Gasteiger partial charge is 0.312 e. The van der Waals surface area contributed by atoms with Gasteiger partial charge in [0.2, 0.25) is 0 Å². The van der Waals surface area contributed by atoms with Crippen LogP contribution < -0.4 is 5.32 Å². The first-order valence-electron chi connectivity index (χ1n) is 6.55. The molecule has 2 nitrogen and oxygen atoms in total. The van der Waals surface area contributed by atoms with Gasteiger partial charge in [0, 0.05) is 23.1 Å². The summed E-state index contributed by atoms with van der Waals surface area (Å²) in [5, 5.41) is 4.91. The molecule has 1 N–H and O–H groups in total. The number of halogens is 2. The number of rotatable bonds is 5. The lowest BCUT2D eigenvalue weighted by molar-refractivity contribution is 0.339. The van der Waals surface area contributed by atoms with Gasteiger partial charge in [-0.1, -0.05) is 30.1 Å². The van der Waals surface area contributed by atoms with Crippen molar-refractivity contribution in [3.63, 3.8) is 0 Å². The van der Waals surface area contributed by atoms with E-state index in [2.05, 4.69) is 17.1 Å². The van der Waals surface area contributed by atoms with E-state index in [1.54, 1.807) is 6.07 Å². The molecule has 1 aliphatic heterocycles. The molecule has 1 atom stereocenters. The maximum atomic E-state index is 5.98. The number of hydrogen-bond donors (Lipinski definition) is 1. The Morgan fingerprint density at radius 2 is 2.00 bits per heavy atom. The highest BCUT2D eigenvalue weighted by Gasteiger charge is 2.20. The molecule has 0 radical (unpaired) electrons. The first-order valence-corrected chi connectivity index (χ1v) is 7.31. The Morgan fingerprint density at radius 1 is 1.28 bits per heavy atom. The number of hydrogen-bond acceptors (Lipinski definition) is 2. The molecule has 1 aromatic rings. The molecule has 18 heavy (non-hydrogen) atoms. The van der Waals surface area contributed by atoms with Crippen molar-refractivity contribution in [3.8, 4) is 0 Å². The molecule has 0 aliphatic carbocycles. The van der Waals surface area contributed by atoms with Gasteiger partial charge in [0.25, 0.3) is 0 Å². The van der Waals surface area contributed by atoms with Gasteiger partial charge in [-0.25, -0.2) is 0 Å². The summed E-state index contributed by atoms with van der Waals surface area (Å²) in [6.07, 6.45) is 1.30. The maximum absolute atomic E-state index is 5.98. The molecule has 0 saturated carbocycles. The van der Waals surface area contributed by atoms with Gasteiger partial charge >= 0.3 is 0 Å². The van der Waals surface area contributed by atoms with Crippen LogP contribution in [0.2, 0.25) is 10.0 Å². The Hall–Kier alpha value is -0.280. The highest BCUT2D eigenvalue weighted by molar-refractivity contribution is 6.34. The molecule has 1 fully saturated rings. The average molecular weight is 287 g/mol. The van der Waals surface area contributed by atoms with E-state index in [1.165, 1.54) is 26.1 Å². The number of likely N-dealkylation sites (tertiary alicyclic amines) is 1. The van der Waals surface area contributed by atoms with Crippen molar-refractivity contribution in [1.29, 1.82) is 0 Å². The summed E-state index contributed by atoms with van der Waals surface area (Å²) in [5.74, 6) is 0.777. The van der Waals surface area contributed by atoms with Crippen molar-refractivity contribution in [1.82, 2.24) is 10.2 Å². The van der Waals surface area contributed by atoms with Crippen molar-refractivity contribution in [3.05, 3.63) is 33.8 Å². The standard InChI is InChI=1S/C14H20Cl2N2/c1-2-18-4-3-11(10-18)8-17-9-12-5-13(15)7-14(16)6-12/h5-7,11,17H,2-4,8-10H2,1H3. The molecule has 100 valence electrons. The van der Waals surface area contributed by atoms with Crippen molar-refractivity contribution in [2.75, 3.05) is 26.2 Å². The summed E-state index contributed by atoms with van der Waals surface area (Å²) in [7, 11) is 0. The quantitative estimate of drug-likeness (QED) is 0.892. The lowest BCUT2D eigenvalue weighted by Crippen LogP contribution is -2.26. The van der Waals surface area contributed by atoms with Crippen molar-refractivity contribution >= 4 is 23.2 Å². The Morgan fingerprint density at radius 3 is 2.61 bits per heavy atom. The second kappa shape index (κ2) is 6.76. The zero-order chi connectivity index (χ0) is 13.0. The monoisotopic (exact) mass is 286 g/mol. The van der Waals surface area contributed by atoms with Crippen LogP contribution in [-0.4, -0.2) is 31.1 Å². The van der Waals surface area contributed by atoms with E-state index in [1.807, 2.05) is 12.1 Å². The average Bonchev–Trinajstić information content (AvgIpc) is 2.76. The van der Waals surface area contributed by atoms with Crippen LogP contribution in [0.15, 0.2) is 18.2 Å². The van der Waals surface area contributed by atoms with Gasteiger partial charge in [0.05, 0.1) is 0 Å². The minimum atomic E-state index is 0.706. The van der Waals surface area contributed by atoms with Gasteiger partial charge < -0.3 is 10.2 Å². The minimum absolute atomic E-state index is 0.706. The number of benzene rings is 1. The van der Waals surface area contributed by atoms with E-state index < -0.39 is 0 Å². The summed E-state index contributed by atoms with van der Waals surface area (Å²) < 4.78 is 0. The minimum Gasteiger partial charge on any atom is -0.312 e. The summed E-state index contributed by atoms with van der Waals surface area (Å²) in [6, 6.07) is 5.70. The summed E-state index contributed by atoms with van der Waals surface area (Å²) in [4.78, 5) is 2.50. The number of nitrogens with zero attached hydrogens (tertiary/aromatic N) is 1. The van der Waals surface area contributed by atoms with E-state index in [4.69, 9.17) is 23.2 Å². The molecule has 1 aromatic carbocycles. The normalized spacial score (nSPS) is 20.5. The Labute approximate surface area is 119 Å². The fraction of sp³-hybridized carbons (Fsp3) is 0.571. The Kier molecular flexibility index (Phi) is 5.31. The first kappa shape index (κ1) is 14.1. The van der Waals surface area contributed by atoms with Crippen LogP contribution in [-0.2, 0) is 6.54 Å². The lowest BCUT2D eigenvalue weighted by atomic mass is 10.1. The van der Waals surface area contributed by atoms with Crippen LogP contribution in [0.25, 0.3) is 0 Å². The summed E-state index contributed by atoms with van der Waals surface area (Å²) in [5.41, 5.74) is 1.15. The molecule has 1 saturated heterocycles. The SMILES string of the molecule is CCN1CCC(CNCc2cc(Cl)cc(Cl)c2)C1. The zero-order valence-corrected chi connectivity index (χ0v) is 12.3. The third-order valence-corrected chi connectivity index (χ3v) is 3.94. The molecule has 1 heterocycles. The smallest absolute Gasteiger partial charge is 0.0424 e. The molecular formula is C14H20Cl2N2. The van der Waals surface area contributed by atoms with E-state index in [0.29, 0.717) is 10.0 Å². The lowest BCUT2D eigenvalue weighted by Gasteiger charge is -2.14. The van der Waals surface area contributed by atoms with Gasteiger partial charge in [0.15, 0.2) is 0 Å². The first-order chi connectivity index (χ1) is 8.67. The van der Waals surface area contributed by atoms with E-state index in [0.717, 1.165) is 24.6 Å². The van der Waals surface area contributed by atoms with Crippen LogP contribution >= 0.6 is 23.2 Å². The van der Waals surface area contributed by atoms with Crippen molar-refractivity contribution in [2.45, 2.75) is 19.9 Å². The van der Waals surface area contributed by atoms with Gasteiger partial charge in [-0.15, -0.1) is 0 Å². The Bertz CT molecular complexity index is 375. The van der Waals surface area contributed by atoms with Crippen molar-refractivity contribution in [2.24, 2.45) is 5.92 Å². The Balaban J connectivity index is 1.75. The molecule has 2 rings (SSSR count). The molecule has 0 aromatic heterocycles. The van der Waals surface area contributed by atoms with Gasteiger partial charge in [-0.3, -0.25) is 0 Å². The fourth-order valence-corrected chi connectivity index (χ4v) is 3.07. The van der Waals surface area contributed by atoms with Crippen LogP contribution in [0.1, 0.15) is 18.9 Å². The molecule has 4 heteroatoms. The van der Waals surface area contributed by atoms with Gasteiger partial charge in [-0.05, 0) is 55.7 Å². The molecule has 1 unspecified atom stereocenters. The van der Waals surface area contributed by atoms with Crippen molar-refractivity contribution < 1.29 is 0 Å². The van der Waals surface area contributed by atoms with Crippen LogP contribution in [0.4, 0.5) is 0 Å². The second-order valence-electron chi connectivity index (χ2n) is 4.96. The summed E-state index contributed by atoms with van der Waals surface area (Å²) in [6.45, 7) is 7.76. The predicted octanol–water partition coefficient (Wildman–Crippen LogP) is 3.42. The molecular weight excluding hydrogens is 267 g/mol. The molecule has 1 aliphatic rings. The topological polar surface area (TPSA) is 15.3 Å². The second-order valence-corrected chi connectivity index (χ2v) is 5.83.